The van der Waals surface area contributed by atoms with Crippen LogP contribution in [0.1, 0.15) is 36.9 Å². The summed E-state index contributed by atoms with van der Waals surface area (Å²) in [6.07, 6.45) is 6.93. The molecule has 0 amide bonds. The summed E-state index contributed by atoms with van der Waals surface area (Å²) in [6, 6.07) is 0.550. The van der Waals surface area contributed by atoms with Gasteiger partial charge < -0.3 is 4.52 Å². The highest BCUT2D eigenvalue weighted by molar-refractivity contribution is 5.01. The van der Waals surface area contributed by atoms with Crippen LogP contribution in [0, 0.1) is 0 Å². The molecule has 0 unspecified atom stereocenters. The molecule has 0 bridgehead atoms. The minimum atomic E-state index is 0.528. The van der Waals surface area contributed by atoms with Gasteiger partial charge in [-0.2, -0.15) is 10.1 Å². The Morgan fingerprint density at radius 1 is 1.30 bits per heavy atom. The Balaban J connectivity index is 1.24. The van der Waals surface area contributed by atoms with E-state index in [1.54, 1.807) is 12.7 Å². The van der Waals surface area contributed by atoms with Crippen LogP contribution >= 0.6 is 0 Å². The van der Waals surface area contributed by atoms with Crippen molar-refractivity contribution in [3.8, 4) is 0 Å². The number of aromatic nitrogens is 5. The Kier molecular flexibility index (Phi) is 4.09. The first-order valence-electron chi connectivity index (χ1n) is 8.35. The smallest absolute Gasteiger partial charge is 0.229 e. The van der Waals surface area contributed by atoms with Gasteiger partial charge in [0, 0.05) is 25.0 Å². The second-order valence-electron chi connectivity index (χ2n) is 6.64. The standard InChI is InChI=1S/C15H23N7O/c1-20(9-14-18-15(23-19-14)12-2-3-12)13-4-5-21(8-13)6-7-22-11-16-10-17-22/h10-13H,2-9H2,1H3/t13-/m1/s1. The highest BCUT2D eigenvalue weighted by atomic mass is 16.5. The molecular weight excluding hydrogens is 294 g/mol. The normalized spacial score (nSPS) is 22.3. The summed E-state index contributed by atoms with van der Waals surface area (Å²) in [5, 5.41) is 8.27. The van der Waals surface area contributed by atoms with E-state index in [1.165, 1.54) is 19.3 Å². The van der Waals surface area contributed by atoms with Crippen molar-refractivity contribution in [2.75, 3.05) is 26.7 Å². The molecular formula is C15H23N7O. The van der Waals surface area contributed by atoms with E-state index in [1.807, 2.05) is 4.68 Å². The van der Waals surface area contributed by atoms with Gasteiger partial charge >= 0.3 is 0 Å². The molecule has 4 rings (SSSR count). The number of likely N-dealkylation sites (tertiary alicyclic amines) is 1. The van der Waals surface area contributed by atoms with Crippen LogP contribution < -0.4 is 0 Å². The monoisotopic (exact) mass is 317 g/mol. The van der Waals surface area contributed by atoms with E-state index >= 15 is 0 Å². The molecule has 0 N–H and O–H groups in total. The predicted octanol–water partition coefficient (Wildman–Crippen LogP) is 0.745. The van der Waals surface area contributed by atoms with Gasteiger partial charge in [0.1, 0.15) is 12.7 Å². The maximum atomic E-state index is 5.34. The molecule has 1 aliphatic carbocycles. The Bertz CT molecular complexity index is 622. The molecule has 2 aliphatic rings. The Labute approximate surface area is 135 Å². The average molecular weight is 317 g/mol. The summed E-state index contributed by atoms with van der Waals surface area (Å²) < 4.78 is 7.22. The van der Waals surface area contributed by atoms with Gasteiger partial charge in [-0.15, -0.1) is 0 Å². The van der Waals surface area contributed by atoms with Crippen molar-refractivity contribution >= 4 is 0 Å². The van der Waals surface area contributed by atoms with Crippen LogP contribution in [0.4, 0.5) is 0 Å². The molecule has 1 saturated carbocycles. The van der Waals surface area contributed by atoms with Crippen molar-refractivity contribution in [3.63, 3.8) is 0 Å². The van der Waals surface area contributed by atoms with Gasteiger partial charge in [0.2, 0.25) is 5.89 Å². The van der Waals surface area contributed by atoms with E-state index in [0.717, 1.165) is 44.4 Å². The molecule has 2 aromatic rings. The number of hydrogen-bond donors (Lipinski definition) is 0. The molecule has 8 heteroatoms. The predicted molar refractivity (Wildman–Crippen MR) is 82.6 cm³/mol. The number of hydrogen-bond acceptors (Lipinski definition) is 7. The quantitative estimate of drug-likeness (QED) is 0.745. The van der Waals surface area contributed by atoms with Gasteiger partial charge in [-0.25, -0.2) is 4.98 Å². The summed E-state index contributed by atoms with van der Waals surface area (Å²) >= 11 is 0. The van der Waals surface area contributed by atoms with E-state index in [4.69, 9.17) is 4.52 Å². The van der Waals surface area contributed by atoms with E-state index in [2.05, 4.69) is 37.1 Å². The third-order valence-corrected chi connectivity index (χ3v) is 4.78. The van der Waals surface area contributed by atoms with Crippen molar-refractivity contribution in [1.29, 1.82) is 0 Å². The maximum absolute atomic E-state index is 5.34. The Morgan fingerprint density at radius 2 is 2.22 bits per heavy atom. The summed E-state index contributed by atoms with van der Waals surface area (Å²) in [7, 11) is 2.15. The van der Waals surface area contributed by atoms with Crippen molar-refractivity contribution in [2.24, 2.45) is 0 Å². The van der Waals surface area contributed by atoms with Crippen LogP contribution in [0.25, 0.3) is 0 Å². The van der Waals surface area contributed by atoms with Crippen molar-refractivity contribution in [1.82, 2.24) is 34.7 Å². The van der Waals surface area contributed by atoms with Gasteiger partial charge in [-0.05, 0) is 32.9 Å². The summed E-state index contributed by atoms with van der Waals surface area (Å²) in [5.41, 5.74) is 0. The van der Waals surface area contributed by atoms with Crippen LogP contribution in [-0.4, -0.2) is 67.4 Å². The molecule has 0 radical (unpaired) electrons. The largest absolute Gasteiger partial charge is 0.339 e. The summed E-state index contributed by atoms with van der Waals surface area (Å²) in [6.45, 7) is 4.88. The van der Waals surface area contributed by atoms with E-state index in [-0.39, 0.29) is 0 Å². The summed E-state index contributed by atoms with van der Waals surface area (Å²) in [5.74, 6) is 2.17. The molecule has 0 spiro atoms. The zero-order valence-electron chi connectivity index (χ0n) is 13.5. The third kappa shape index (κ3) is 3.59. The van der Waals surface area contributed by atoms with E-state index < -0.39 is 0 Å². The van der Waals surface area contributed by atoms with Crippen molar-refractivity contribution in [2.45, 2.75) is 44.3 Å². The first-order valence-corrected chi connectivity index (χ1v) is 8.35. The molecule has 1 aliphatic heterocycles. The van der Waals surface area contributed by atoms with Crippen LogP contribution in [-0.2, 0) is 13.1 Å². The van der Waals surface area contributed by atoms with Crippen molar-refractivity contribution < 1.29 is 4.52 Å². The highest BCUT2D eigenvalue weighted by Gasteiger charge is 2.30. The third-order valence-electron chi connectivity index (χ3n) is 4.78. The lowest BCUT2D eigenvalue weighted by Gasteiger charge is -2.23. The van der Waals surface area contributed by atoms with Crippen LogP contribution in [0.2, 0.25) is 0 Å². The molecule has 3 heterocycles. The van der Waals surface area contributed by atoms with Gasteiger partial charge in [0.15, 0.2) is 5.82 Å². The fraction of sp³-hybridized carbons (Fsp3) is 0.733. The topological polar surface area (TPSA) is 76.1 Å². The molecule has 23 heavy (non-hydrogen) atoms. The van der Waals surface area contributed by atoms with Gasteiger partial charge in [-0.3, -0.25) is 14.5 Å². The lowest BCUT2D eigenvalue weighted by Crippen LogP contribution is -2.35. The molecule has 0 aromatic carbocycles. The molecule has 2 aromatic heterocycles. The van der Waals surface area contributed by atoms with Crippen LogP contribution in [0.5, 0.6) is 0 Å². The molecule has 1 atom stereocenters. The lowest BCUT2D eigenvalue weighted by molar-refractivity contribution is 0.215. The second-order valence-corrected chi connectivity index (χ2v) is 6.64. The molecule has 8 nitrogen and oxygen atoms in total. The van der Waals surface area contributed by atoms with Crippen molar-refractivity contribution in [3.05, 3.63) is 24.4 Å². The zero-order chi connectivity index (χ0) is 15.6. The van der Waals surface area contributed by atoms with Crippen LogP contribution in [0.3, 0.4) is 0 Å². The Hall–Kier alpha value is -1.80. The van der Waals surface area contributed by atoms with Gasteiger partial charge in [0.25, 0.3) is 0 Å². The van der Waals surface area contributed by atoms with E-state index in [0.29, 0.717) is 12.0 Å². The minimum Gasteiger partial charge on any atom is -0.339 e. The van der Waals surface area contributed by atoms with E-state index in [9.17, 15) is 0 Å². The second kappa shape index (κ2) is 6.37. The molecule has 124 valence electrons. The summed E-state index contributed by atoms with van der Waals surface area (Å²) in [4.78, 5) is 13.3. The maximum Gasteiger partial charge on any atom is 0.229 e. The number of nitrogens with zero attached hydrogens (tertiary/aromatic N) is 7. The molecule has 2 fully saturated rings. The van der Waals surface area contributed by atoms with Crippen LogP contribution in [0.15, 0.2) is 17.2 Å². The number of likely N-dealkylation sites (N-methyl/N-ethyl adjacent to an activating group) is 1. The molecule has 1 saturated heterocycles. The average Bonchev–Trinajstić information content (AvgIpc) is 3.00. The highest BCUT2D eigenvalue weighted by Crippen LogP contribution is 2.38. The fourth-order valence-electron chi connectivity index (χ4n) is 3.15. The minimum absolute atomic E-state index is 0.528. The number of rotatable bonds is 7. The lowest BCUT2D eigenvalue weighted by atomic mass is 10.2. The first-order chi connectivity index (χ1) is 11.3. The van der Waals surface area contributed by atoms with Gasteiger partial charge in [-0.1, -0.05) is 5.16 Å². The zero-order valence-corrected chi connectivity index (χ0v) is 13.5. The fourth-order valence-corrected chi connectivity index (χ4v) is 3.15. The van der Waals surface area contributed by atoms with Gasteiger partial charge in [0.05, 0.1) is 13.1 Å². The first kappa shape index (κ1) is 14.8. The Morgan fingerprint density at radius 3 is 3.00 bits per heavy atom. The SMILES string of the molecule is CN(Cc1noc(C2CC2)n1)[C@@H]1CCN(CCn2cncn2)C1.